The Balaban J connectivity index is 1.66. The average molecular weight is 401 g/mol. The lowest BCUT2D eigenvalue weighted by molar-refractivity contribution is 0.189. The van der Waals surface area contributed by atoms with E-state index in [2.05, 4.69) is 9.51 Å². The number of hydrogen-bond donors (Lipinski definition) is 3. The van der Waals surface area contributed by atoms with Crippen molar-refractivity contribution in [2.45, 2.75) is 19.8 Å². The van der Waals surface area contributed by atoms with Gasteiger partial charge < -0.3 is 19.6 Å². The largest absolute Gasteiger partial charge is 0.489 e. The van der Waals surface area contributed by atoms with Crippen molar-refractivity contribution in [3.8, 4) is 17.0 Å². The molecule has 1 heterocycles. The van der Waals surface area contributed by atoms with E-state index in [4.69, 9.17) is 14.5 Å². The van der Waals surface area contributed by atoms with Gasteiger partial charge in [-0.2, -0.15) is 0 Å². The molecule has 0 bridgehead atoms. The van der Waals surface area contributed by atoms with E-state index in [0.29, 0.717) is 23.6 Å². The van der Waals surface area contributed by atoms with E-state index < -0.39 is 7.82 Å². The van der Waals surface area contributed by atoms with Crippen LogP contribution in [0.25, 0.3) is 11.3 Å². The standard InChI is InChI=1S/C20H20NO6P/c22-12-15-3-1-4-16(9-15)13-26-19-6-2-5-18(10-19)20-8-7-17(11-21-20)14-27-28(23,24)25/h1-11,22H,12-14H2,(H2,23,24,25). The van der Waals surface area contributed by atoms with Gasteiger partial charge in [0.2, 0.25) is 0 Å². The van der Waals surface area contributed by atoms with Crippen molar-refractivity contribution in [2.24, 2.45) is 0 Å². The quantitative estimate of drug-likeness (QED) is 0.496. The molecular weight excluding hydrogens is 381 g/mol. The van der Waals surface area contributed by atoms with Gasteiger partial charge in [-0.1, -0.05) is 42.5 Å². The second-order valence-electron chi connectivity index (χ2n) is 6.11. The van der Waals surface area contributed by atoms with Crippen LogP contribution < -0.4 is 4.74 Å². The van der Waals surface area contributed by atoms with Gasteiger partial charge in [-0.3, -0.25) is 9.51 Å². The molecule has 0 aliphatic rings. The van der Waals surface area contributed by atoms with E-state index in [-0.39, 0.29) is 13.2 Å². The number of phosphoric ester groups is 1. The number of hydrogen-bond acceptors (Lipinski definition) is 5. The van der Waals surface area contributed by atoms with Crippen molar-refractivity contribution in [3.63, 3.8) is 0 Å². The Bertz CT molecular complexity index is 970. The predicted octanol–water partition coefficient (Wildman–Crippen LogP) is 3.43. The number of aliphatic hydroxyl groups excluding tert-OH is 1. The van der Waals surface area contributed by atoms with Crippen LogP contribution in [0.15, 0.2) is 66.9 Å². The third-order valence-corrected chi connectivity index (χ3v) is 4.40. The van der Waals surface area contributed by atoms with E-state index in [1.54, 1.807) is 12.1 Å². The van der Waals surface area contributed by atoms with Gasteiger partial charge in [0.05, 0.1) is 18.9 Å². The molecule has 0 aliphatic carbocycles. The maximum atomic E-state index is 10.8. The highest BCUT2D eigenvalue weighted by atomic mass is 31.2. The summed E-state index contributed by atoms with van der Waals surface area (Å²) in [6.07, 6.45) is 1.51. The van der Waals surface area contributed by atoms with E-state index in [0.717, 1.165) is 16.7 Å². The maximum Gasteiger partial charge on any atom is 0.469 e. The van der Waals surface area contributed by atoms with Crippen LogP contribution >= 0.6 is 7.82 Å². The number of benzene rings is 2. The number of aromatic nitrogens is 1. The maximum absolute atomic E-state index is 10.8. The zero-order valence-electron chi connectivity index (χ0n) is 14.9. The molecule has 0 fully saturated rings. The summed E-state index contributed by atoms with van der Waals surface area (Å²) >= 11 is 0. The fraction of sp³-hybridized carbons (Fsp3) is 0.150. The van der Waals surface area contributed by atoms with Gasteiger partial charge in [0.15, 0.2) is 0 Å². The lowest BCUT2D eigenvalue weighted by Gasteiger charge is -2.09. The summed E-state index contributed by atoms with van der Waals surface area (Å²) in [6, 6.07) is 18.5. The first-order chi connectivity index (χ1) is 13.4. The third-order valence-electron chi connectivity index (χ3n) is 3.93. The molecule has 3 aromatic rings. The molecule has 0 spiro atoms. The normalized spacial score (nSPS) is 11.4. The van der Waals surface area contributed by atoms with Crippen LogP contribution in [0.5, 0.6) is 5.75 Å². The van der Waals surface area contributed by atoms with Crippen LogP contribution in [0.1, 0.15) is 16.7 Å². The predicted molar refractivity (Wildman–Crippen MR) is 103 cm³/mol. The Hall–Kier alpha value is -2.54. The zero-order chi connectivity index (χ0) is 20.0. The van der Waals surface area contributed by atoms with Crippen LogP contribution in [0, 0.1) is 0 Å². The van der Waals surface area contributed by atoms with Crippen LogP contribution in [0.3, 0.4) is 0 Å². The number of nitrogens with zero attached hydrogens (tertiary/aromatic N) is 1. The summed E-state index contributed by atoms with van der Waals surface area (Å²) in [6.45, 7) is 0.154. The zero-order valence-corrected chi connectivity index (χ0v) is 15.8. The minimum Gasteiger partial charge on any atom is -0.489 e. The Morgan fingerprint density at radius 2 is 1.68 bits per heavy atom. The highest BCUT2D eigenvalue weighted by Crippen LogP contribution is 2.36. The molecule has 0 saturated carbocycles. The van der Waals surface area contributed by atoms with Crippen LogP contribution in [-0.4, -0.2) is 19.9 Å². The Labute approximate surface area is 162 Å². The van der Waals surface area contributed by atoms with E-state index >= 15 is 0 Å². The molecule has 146 valence electrons. The molecule has 0 amide bonds. The van der Waals surface area contributed by atoms with E-state index in [9.17, 15) is 9.67 Å². The number of rotatable bonds is 8. The molecule has 3 rings (SSSR count). The van der Waals surface area contributed by atoms with Crippen molar-refractivity contribution in [1.82, 2.24) is 4.98 Å². The molecule has 28 heavy (non-hydrogen) atoms. The number of aliphatic hydroxyl groups is 1. The van der Waals surface area contributed by atoms with Gasteiger partial charge in [-0.25, -0.2) is 4.57 Å². The topological polar surface area (TPSA) is 109 Å². The Kier molecular flexibility index (Phi) is 6.57. The van der Waals surface area contributed by atoms with E-state index in [1.807, 2.05) is 48.5 Å². The monoisotopic (exact) mass is 401 g/mol. The van der Waals surface area contributed by atoms with Gasteiger partial charge in [-0.15, -0.1) is 0 Å². The summed E-state index contributed by atoms with van der Waals surface area (Å²) in [5.74, 6) is 0.683. The fourth-order valence-electron chi connectivity index (χ4n) is 2.57. The van der Waals surface area contributed by atoms with Crippen LogP contribution in [0.2, 0.25) is 0 Å². The second-order valence-corrected chi connectivity index (χ2v) is 7.35. The van der Waals surface area contributed by atoms with Crippen LogP contribution in [0.4, 0.5) is 0 Å². The molecule has 0 unspecified atom stereocenters. The first-order valence-electron chi connectivity index (χ1n) is 8.50. The number of ether oxygens (including phenoxy) is 1. The third kappa shape index (κ3) is 5.99. The first kappa shape index (κ1) is 20.2. The fourth-order valence-corrected chi connectivity index (χ4v) is 2.89. The van der Waals surface area contributed by atoms with Crippen molar-refractivity contribution in [2.75, 3.05) is 0 Å². The summed E-state index contributed by atoms with van der Waals surface area (Å²) in [5.41, 5.74) is 3.91. The Morgan fingerprint density at radius 3 is 2.39 bits per heavy atom. The molecule has 2 aromatic carbocycles. The highest BCUT2D eigenvalue weighted by molar-refractivity contribution is 7.46. The molecule has 0 saturated heterocycles. The van der Waals surface area contributed by atoms with Gasteiger partial charge in [0, 0.05) is 11.8 Å². The molecule has 8 heteroatoms. The van der Waals surface area contributed by atoms with E-state index in [1.165, 1.54) is 6.20 Å². The van der Waals surface area contributed by atoms with Gasteiger partial charge in [0.25, 0.3) is 0 Å². The molecule has 0 atom stereocenters. The second kappa shape index (κ2) is 9.10. The molecule has 3 N–H and O–H groups in total. The minimum absolute atomic E-state index is 0.00973. The van der Waals surface area contributed by atoms with Crippen molar-refractivity contribution in [1.29, 1.82) is 0 Å². The van der Waals surface area contributed by atoms with Gasteiger partial charge in [-0.05, 0) is 34.9 Å². The van der Waals surface area contributed by atoms with Crippen LogP contribution in [-0.2, 0) is 28.9 Å². The smallest absolute Gasteiger partial charge is 0.469 e. The lowest BCUT2D eigenvalue weighted by Crippen LogP contribution is -1.97. The molecule has 1 aromatic heterocycles. The van der Waals surface area contributed by atoms with Gasteiger partial charge >= 0.3 is 7.82 Å². The summed E-state index contributed by atoms with van der Waals surface area (Å²) < 4.78 is 21.1. The SMILES string of the molecule is O=P(O)(O)OCc1ccc(-c2cccc(OCc3cccc(CO)c3)c2)nc1. The van der Waals surface area contributed by atoms with Crippen molar-refractivity contribution in [3.05, 3.63) is 83.6 Å². The summed E-state index contributed by atoms with van der Waals surface area (Å²) in [4.78, 5) is 21.8. The molecule has 0 radical (unpaired) electrons. The average Bonchev–Trinajstić information content (AvgIpc) is 2.71. The molecular formula is C20H20NO6P. The van der Waals surface area contributed by atoms with Crippen molar-refractivity contribution < 1.29 is 28.7 Å². The lowest BCUT2D eigenvalue weighted by atomic mass is 10.1. The Morgan fingerprint density at radius 1 is 0.893 bits per heavy atom. The minimum atomic E-state index is -4.50. The summed E-state index contributed by atoms with van der Waals surface area (Å²) in [7, 11) is -4.50. The first-order valence-corrected chi connectivity index (χ1v) is 10.0. The highest BCUT2D eigenvalue weighted by Gasteiger charge is 2.13. The van der Waals surface area contributed by atoms with Crippen molar-refractivity contribution >= 4 is 7.82 Å². The number of phosphoric acid groups is 1. The molecule has 0 aliphatic heterocycles. The molecule has 7 nitrogen and oxygen atoms in total. The summed E-state index contributed by atoms with van der Waals surface area (Å²) in [5, 5.41) is 9.21. The number of pyridine rings is 1. The van der Waals surface area contributed by atoms with Gasteiger partial charge in [0.1, 0.15) is 12.4 Å².